The molecule has 0 aliphatic heterocycles. The van der Waals surface area contributed by atoms with Crippen molar-refractivity contribution in [2.45, 2.75) is 6.54 Å². The van der Waals surface area contributed by atoms with Crippen molar-refractivity contribution >= 4 is 5.69 Å². The number of nitrogens with one attached hydrogen (secondary N) is 1. The molecule has 2 rings (SSSR count). The lowest BCUT2D eigenvalue weighted by atomic mass is 10.3. The number of hydrogen-bond donors (Lipinski definition) is 1. The van der Waals surface area contributed by atoms with Gasteiger partial charge in [-0.05, 0) is 18.2 Å². The van der Waals surface area contributed by atoms with Crippen LogP contribution in [0.15, 0.2) is 36.8 Å². The number of hydrogen-bond acceptors (Lipinski definition) is 4. The molecule has 0 saturated heterocycles. The van der Waals surface area contributed by atoms with Gasteiger partial charge in [-0.1, -0.05) is 0 Å². The summed E-state index contributed by atoms with van der Waals surface area (Å²) in [4.78, 5) is 3.97. The predicted molar refractivity (Wildman–Crippen MR) is 59.7 cm³/mol. The Labute approximate surface area is 93.4 Å². The summed E-state index contributed by atoms with van der Waals surface area (Å²) in [7, 11) is 0. The maximum atomic E-state index is 8.59. The Morgan fingerprint density at radius 1 is 1.44 bits per heavy atom. The minimum Gasteiger partial charge on any atom is -0.382 e. The average Bonchev–Trinajstić information content (AvgIpc) is 2.83. The fourth-order valence-electron chi connectivity index (χ4n) is 1.31. The molecule has 0 amide bonds. The number of nitrogens with zero attached hydrogens (tertiary/aromatic N) is 4. The van der Waals surface area contributed by atoms with E-state index >= 15 is 0 Å². The monoisotopic (exact) mass is 213 g/mol. The molecule has 2 heterocycles. The van der Waals surface area contributed by atoms with Crippen LogP contribution < -0.4 is 5.32 Å². The van der Waals surface area contributed by atoms with E-state index in [0.717, 1.165) is 18.8 Å². The van der Waals surface area contributed by atoms with Crippen molar-refractivity contribution in [2.24, 2.45) is 0 Å². The molecule has 0 atom stereocenters. The van der Waals surface area contributed by atoms with E-state index in [1.807, 2.05) is 29.1 Å². The molecular formula is C11H11N5. The van der Waals surface area contributed by atoms with Gasteiger partial charge in [-0.25, -0.2) is 4.98 Å². The van der Waals surface area contributed by atoms with Crippen LogP contribution in [0, 0.1) is 11.3 Å². The highest BCUT2D eigenvalue weighted by atomic mass is 15.3. The van der Waals surface area contributed by atoms with Gasteiger partial charge in [-0.2, -0.15) is 10.4 Å². The quantitative estimate of drug-likeness (QED) is 0.830. The van der Waals surface area contributed by atoms with Crippen molar-refractivity contribution < 1.29 is 0 Å². The Bertz CT molecular complexity index is 466. The molecule has 0 spiro atoms. The highest BCUT2D eigenvalue weighted by Crippen LogP contribution is 2.04. The van der Waals surface area contributed by atoms with Gasteiger partial charge in [0.15, 0.2) is 0 Å². The fourth-order valence-corrected chi connectivity index (χ4v) is 1.31. The van der Waals surface area contributed by atoms with Crippen molar-refractivity contribution in [2.75, 3.05) is 11.9 Å². The summed E-state index contributed by atoms with van der Waals surface area (Å²) >= 11 is 0. The first-order valence-corrected chi connectivity index (χ1v) is 4.96. The summed E-state index contributed by atoms with van der Waals surface area (Å²) in [5.74, 6) is 0. The van der Waals surface area contributed by atoms with Crippen LogP contribution in [0.2, 0.25) is 0 Å². The summed E-state index contributed by atoms with van der Waals surface area (Å²) in [5.41, 5.74) is 1.34. The van der Waals surface area contributed by atoms with E-state index in [-0.39, 0.29) is 0 Å². The number of nitriles is 1. The molecular weight excluding hydrogens is 202 g/mol. The van der Waals surface area contributed by atoms with Crippen molar-refractivity contribution in [3.63, 3.8) is 0 Å². The minimum atomic E-state index is 0.428. The number of aromatic nitrogens is 3. The number of anilines is 1. The number of pyridine rings is 1. The first kappa shape index (κ1) is 10.2. The van der Waals surface area contributed by atoms with Gasteiger partial charge in [-0.3, -0.25) is 4.68 Å². The Morgan fingerprint density at radius 2 is 2.38 bits per heavy atom. The van der Waals surface area contributed by atoms with Crippen LogP contribution in [0.1, 0.15) is 5.69 Å². The van der Waals surface area contributed by atoms with E-state index in [9.17, 15) is 0 Å². The maximum absolute atomic E-state index is 8.59. The topological polar surface area (TPSA) is 66.5 Å². The molecule has 16 heavy (non-hydrogen) atoms. The molecule has 0 aliphatic carbocycles. The molecule has 2 aromatic rings. The van der Waals surface area contributed by atoms with Crippen LogP contribution in [-0.2, 0) is 6.54 Å². The van der Waals surface area contributed by atoms with Gasteiger partial charge in [0.2, 0.25) is 0 Å². The molecule has 2 aromatic heterocycles. The third-order valence-corrected chi connectivity index (χ3v) is 2.11. The van der Waals surface area contributed by atoms with E-state index in [1.165, 1.54) is 0 Å². The van der Waals surface area contributed by atoms with Gasteiger partial charge < -0.3 is 5.32 Å². The van der Waals surface area contributed by atoms with E-state index in [0.29, 0.717) is 5.69 Å². The zero-order chi connectivity index (χ0) is 11.2. The second-order valence-electron chi connectivity index (χ2n) is 3.24. The summed E-state index contributed by atoms with van der Waals surface area (Å²) in [6.45, 7) is 1.57. The second-order valence-corrected chi connectivity index (χ2v) is 3.24. The molecule has 0 saturated carbocycles. The molecule has 5 nitrogen and oxygen atoms in total. The Morgan fingerprint density at radius 3 is 3.00 bits per heavy atom. The van der Waals surface area contributed by atoms with Crippen molar-refractivity contribution in [3.05, 3.63) is 42.5 Å². The standard InChI is InChI=1S/C11H11N5/c12-8-10-2-3-11(9-14-10)13-5-7-16-6-1-4-15-16/h1-4,6,9,13H,5,7H2. The molecule has 0 aliphatic rings. The highest BCUT2D eigenvalue weighted by Gasteiger charge is 1.94. The smallest absolute Gasteiger partial charge is 0.140 e. The van der Waals surface area contributed by atoms with E-state index in [4.69, 9.17) is 5.26 Å². The van der Waals surface area contributed by atoms with Crippen LogP contribution in [0.3, 0.4) is 0 Å². The van der Waals surface area contributed by atoms with Gasteiger partial charge in [0.25, 0.3) is 0 Å². The lowest BCUT2D eigenvalue weighted by molar-refractivity contribution is 0.638. The third kappa shape index (κ3) is 2.58. The van der Waals surface area contributed by atoms with Crippen molar-refractivity contribution in [1.82, 2.24) is 14.8 Å². The number of rotatable bonds is 4. The normalized spacial score (nSPS) is 9.69. The van der Waals surface area contributed by atoms with Crippen molar-refractivity contribution in [3.8, 4) is 6.07 Å². The highest BCUT2D eigenvalue weighted by molar-refractivity contribution is 5.42. The van der Waals surface area contributed by atoms with Crippen LogP contribution in [-0.4, -0.2) is 21.3 Å². The molecule has 0 aromatic carbocycles. The van der Waals surface area contributed by atoms with Gasteiger partial charge in [-0.15, -0.1) is 0 Å². The Hall–Kier alpha value is -2.35. The predicted octanol–water partition coefficient (Wildman–Crippen LogP) is 1.26. The molecule has 0 unspecified atom stereocenters. The Balaban J connectivity index is 1.83. The lowest BCUT2D eigenvalue weighted by Crippen LogP contribution is -2.10. The SMILES string of the molecule is N#Cc1ccc(NCCn2cccn2)cn1. The van der Waals surface area contributed by atoms with Crippen LogP contribution >= 0.6 is 0 Å². The Kier molecular flexibility index (Phi) is 3.14. The van der Waals surface area contributed by atoms with Gasteiger partial charge >= 0.3 is 0 Å². The van der Waals surface area contributed by atoms with Gasteiger partial charge in [0.1, 0.15) is 11.8 Å². The maximum Gasteiger partial charge on any atom is 0.140 e. The van der Waals surface area contributed by atoms with E-state index < -0.39 is 0 Å². The fraction of sp³-hybridized carbons (Fsp3) is 0.182. The average molecular weight is 213 g/mol. The molecule has 0 bridgehead atoms. The zero-order valence-corrected chi connectivity index (χ0v) is 8.67. The molecule has 1 N–H and O–H groups in total. The molecule has 80 valence electrons. The van der Waals surface area contributed by atoms with E-state index in [2.05, 4.69) is 15.4 Å². The molecule has 0 fully saturated rings. The first-order chi connectivity index (χ1) is 7.88. The largest absolute Gasteiger partial charge is 0.382 e. The third-order valence-electron chi connectivity index (χ3n) is 2.11. The lowest BCUT2D eigenvalue weighted by Gasteiger charge is -2.05. The summed E-state index contributed by atoms with van der Waals surface area (Å²) in [6.07, 6.45) is 5.32. The minimum absolute atomic E-state index is 0.428. The summed E-state index contributed by atoms with van der Waals surface area (Å²) in [6, 6.07) is 7.40. The first-order valence-electron chi connectivity index (χ1n) is 4.96. The molecule has 0 radical (unpaired) electrons. The van der Waals surface area contributed by atoms with Crippen LogP contribution in [0.5, 0.6) is 0 Å². The van der Waals surface area contributed by atoms with Crippen LogP contribution in [0.25, 0.3) is 0 Å². The van der Waals surface area contributed by atoms with Gasteiger partial charge in [0, 0.05) is 18.9 Å². The van der Waals surface area contributed by atoms with E-state index in [1.54, 1.807) is 18.5 Å². The summed E-state index contributed by atoms with van der Waals surface area (Å²) in [5, 5.41) is 15.9. The van der Waals surface area contributed by atoms with Gasteiger partial charge in [0.05, 0.1) is 18.4 Å². The van der Waals surface area contributed by atoms with Crippen molar-refractivity contribution in [1.29, 1.82) is 5.26 Å². The summed E-state index contributed by atoms with van der Waals surface area (Å²) < 4.78 is 1.85. The zero-order valence-electron chi connectivity index (χ0n) is 8.67. The van der Waals surface area contributed by atoms with Crippen LogP contribution in [0.4, 0.5) is 5.69 Å². The second kappa shape index (κ2) is 4.94. The molecule has 5 heteroatoms.